The van der Waals surface area contributed by atoms with Gasteiger partial charge in [-0.15, -0.1) is 0 Å². The summed E-state index contributed by atoms with van der Waals surface area (Å²) in [6.45, 7) is -0.318. The lowest BCUT2D eigenvalue weighted by atomic mass is 10.2. The minimum atomic E-state index is -0.904. The molecule has 0 aliphatic rings. The predicted octanol–water partition coefficient (Wildman–Crippen LogP) is 3.10. The Labute approximate surface area is 125 Å². The van der Waals surface area contributed by atoms with Crippen LogP contribution in [0.15, 0.2) is 42.5 Å². The van der Waals surface area contributed by atoms with E-state index in [2.05, 4.69) is 0 Å². The highest BCUT2D eigenvalue weighted by molar-refractivity contribution is 5.89. The minimum absolute atomic E-state index is 0.162. The number of esters is 1. The molecular weight excluding hydrogens is 293 g/mol. The summed E-state index contributed by atoms with van der Waals surface area (Å²) >= 11 is 0. The van der Waals surface area contributed by atoms with E-state index in [4.69, 9.17) is 9.47 Å². The molecule has 7 heteroatoms. The Kier molecular flexibility index (Phi) is 4.67. The van der Waals surface area contributed by atoms with Gasteiger partial charge in [0.1, 0.15) is 18.2 Å². The van der Waals surface area contributed by atoms with Crippen molar-refractivity contribution in [1.82, 2.24) is 0 Å². The second kappa shape index (κ2) is 6.66. The van der Waals surface area contributed by atoms with Crippen molar-refractivity contribution >= 4 is 11.7 Å². The lowest BCUT2D eigenvalue weighted by molar-refractivity contribution is -0.385. The van der Waals surface area contributed by atoms with Crippen LogP contribution in [0, 0.1) is 15.9 Å². The third kappa shape index (κ3) is 3.38. The number of ether oxygens (including phenoxy) is 2. The second-order valence-electron chi connectivity index (χ2n) is 4.31. The molecule has 0 N–H and O–H groups in total. The Hall–Kier alpha value is -2.96. The number of hydrogen-bond donors (Lipinski definition) is 0. The molecule has 0 spiro atoms. The summed E-state index contributed by atoms with van der Waals surface area (Å²) in [5.74, 6) is -1.42. The molecule has 6 nitrogen and oxygen atoms in total. The Balaban J connectivity index is 2.12. The SMILES string of the molecule is COc1ccc(C(=O)OCc2ccccc2[N+](=O)[O-])c(F)c1. The number of carbonyl (C=O) groups is 1. The molecule has 2 rings (SSSR count). The van der Waals surface area contributed by atoms with E-state index in [1.165, 1.54) is 37.4 Å². The van der Waals surface area contributed by atoms with Gasteiger partial charge in [-0.1, -0.05) is 12.1 Å². The number of para-hydroxylation sites is 1. The highest BCUT2D eigenvalue weighted by Crippen LogP contribution is 2.20. The van der Waals surface area contributed by atoms with Crippen molar-refractivity contribution in [1.29, 1.82) is 0 Å². The lowest BCUT2D eigenvalue weighted by Crippen LogP contribution is -2.08. The van der Waals surface area contributed by atoms with Crippen LogP contribution in [-0.4, -0.2) is 18.0 Å². The van der Waals surface area contributed by atoms with Gasteiger partial charge in [-0.2, -0.15) is 0 Å². The van der Waals surface area contributed by atoms with Crippen LogP contribution < -0.4 is 4.74 Å². The van der Waals surface area contributed by atoms with E-state index in [0.717, 1.165) is 6.07 Å². The number of hydrogen-bond acceptors (Lipinski definition) is 5. The highest BCUT2D eigenvalue weighted by atomic mass is 19.1. The van der Waals surface area contributed by atoms with Crippen molar-refractivity contribution in [3.63, 3.8) is 0 Å². The molecular formula is C15H12FNO5. The fourth-order valence-electron chi connectivity index (χ4n) is 1.82. The molecule has 0 saturated carbocycles. The molecule has 0 atom stereocenters. The fraction of sp³-hybridized carbons (Fsp3) is 0.133. The molecule has 0 unspecified atom stereocenters. The maximum absolute atomic E-state index is 13.7. The molecule has 0 saturated heterocycles. The molecule has 0 amide bonds. The van der Waals surface area contributed by atoms with Gasteiger partial charge < -0.3 is 9.47 Å². The highest BCUT2D eigenvalue weighted by Gasteiger charge is 2.17. The number of benzene rings is 2. The van der Waals surface area contributed by atoms with Gasteiger partial charge in [-0.25, -0.2) is 9.18 Å². The molecule has 0 aromatic heterocycles. The average Bonchev–Trinajstić information content (AvgIpc) is 2.52. The third-order valence-electron chi connectivity index (χ3n) is 2.94. The molecule has 0 bridgehead atoms. The minimum Gasteiger partial charge on any atom is -0.497 e. The van der Waals surface area contributed by atoms with Gasteiger partial charge in [0.2, 0.25) is 0 Å². The Bertz CT molecular complexity index is 717. The van der Waals surface area contributed by atoms with E-state index in [9.17, 15) is 19.3 Å². The first-order valence-electron chi connectivity index (χ1n) is 6.26. The molecule has 0 heterocycles. The predicted molar refractivity (Wildman–Crippen MR) is 75.2 cm³/mol. The number of rotatable bonds is 5. The van der Waals surface area contributed by atoms with Gasteiger partial charge in [0.05, 0.1) is 23.2 Å². The first-order chi connectivity index (χ1) is 10.5. The van der Waals surface area contributed by atoms with Crippen molar-refractivity contribution in [3.05, 3.63) is 69.5 Å². The van der Waals surface area contributed by atoms with Crippen molar-refractivity contribution < 1.29 is 23.6 Å². The van der Waals surface area contributed by atoms with Crippen LogP contribution in [0.2, 0.25) is 0 Å². The van der Waals surface area contributed by atoms with E-state index in [-0.39, 0.29) is 29.2 Å². The largest absolute Gasteiger partial charge is 0.497 e. The molecule has 114 valence electrons. The summed E-state index contributed by atoms with van der Waals surface area (Å²) in [5, 5.41) is 10.9. The summed E-state index contributed by atoms with van der Waals surface area (Å²) < 4.78 is 23.5. The number of methoxy groups -OCH3 is 1. The number of halogens is 1. The van der Waals surface area contributed by atoms with Crippen molar-refractivity contribution in [3.8, 4) is 5.75 Å². The molecule has 0 fully saturated rings. The van der Waals surface area contributed by atoms with Gasteiger partial charge in [-0.3, -0.25) is 10.1 Å². The van der Waals surface area contributed by atoms with Crippen LogP contribution in [0.25, 0.3) is 0 Å². The quantitative estimate of drug-likeness (QED) is 0.482. The average molecular weight is 305 g/mol. The number of nitrogens with zero attached hydrogens (tertiary/aromatic N) is 1. The summed E-state index contributed by atoms with van der Waals surface area (Å²) in [4.78, 5) is 22.1. The maximum Gasteiger partial charge on any atom is 0.341 e. The summed E-state index contributed by atoms with van der Waals surface area (Å²) in [7, 11) is 1.38. The standard InChI is InChI=1S/C15H12FNO5/c1-21-11-6-7-12(13(16)8-11)15(18)22-9-10-4-2-3-5-14(10)17(19)20/h2-8H,9H2,1H3. The van der Waals surface area contributed by atoms with Crippen molar-refractivity contribution in [2.45, 2.75) is 6.61 Å². The third-order valence-corrected chi connectivity index (χ3v) is 2.94. The first-order valence-corrected chi connectivity index (χ1v) is 6.26. The van der Waals surface area contributed by atoms with Gasteiger partial charge in [0.25, 0.3) is 5.69 Å². The summed E-state index contributed by atoms with van der Waals surface area (Å²) in [6, 6.07) is 9.58. The normalized spacial score (nSPS) is 10.1. The van der Waals surface area contributed by atoms with Crippen LogP contribution in [0.3, 0.4) is 0 Å². The van der Waals surface area contributed by atoms with E-state index in [0.29, 0.717) is 0 Å². The van der Waals surface area contributed by atoms with Gasteiger partial charge in [-0.05, 0) is 18.2 Å². The summed E-state index contributed by atoms with van der Waals surface area (Å²) in [6.07, 6.45) is 0. The van der Waals surface area contributed by atoms with Crippen LogP contribution in [0.1, 0.15) is 15.9 Å². The smallest absolute Gasteiger partial charge is 0.341 e. The van der Waals surface area contributed by atoms with Crippen LogP contribution in [-0.2, 0) is 11.3 Å². The Morgan fingerprint density at radius 3 is 2.64 bits per heavy atom. The first kappa shape index (κ1) is 15.4. The van der Waals surface area contributed by atoms with Gasteiger partial charge in [0, 0.05) is 12.1 Å². The van der Waals surface area contributed by atoms with Crippen molar-refractivity contribution in [2.75, 3.05) is 7.11 Å². The fourth-order valence-corrected chi connectivity index (χ4v) is 1.82. The zero-order valence-electron chi connectivity index (χ0n) is 11.6. The van der Waals surface area contributed by atoms with E-state index in [1.807, 2.05) is 0 Å². The maximum atomic E-state index is 13.7. The summed E-state index contributed by atoms with van der Waals surface area (Å²) in [5.41, 5.74) is -0.195. The monoisotopic (exact) mass is 305 g/mol. The van der Waals surface area contributed by atoms with Crippen molar-refractivity contribution in [2.24, 2.45) is 0 Å². The molecule has 22 heavy (non-hydrogen) atoms. The van der Waals surface area contributed by atoms with Gasteiger partial charge in [0.15, 0.2) is 0 Å². The second-order valence-corrected chi connectivity index (χ2v) is 4.31. The Morgan fingerprint density at radius 1 is 1.27 bits per heavy atom. The van der Waals surface area contributed by atoms with E-state index >= 15 is 0 Å². The molecule has 2 aromatic carbocycles. The van der Waals surface area contributed by atoms with Gasteiger partial charge >= 0.3 is 5.97 Å². The van der Waals surface area contributed by atoms with Crippen LogP contribution in [0.4, 0.5) is 10.1 Å². The molecule has 0 radical (unpaired) electrons. The number of nitro groups is 1. The topological polar surface area (TPSA) is 78.7 Å². The Morgan fingerprint density at radius 2 is 2.00 bits per heavy atom. The molecule has 2 aromatic rings. The van der Waals surface area contributed by atoms with E-state index in [1.54, 1.807) is 6.07 Å². The molecule has 0 aliphatic carbocycles. The number of nitro benzene ring substituents is 1. The lowest BCUT2D eigenvalue weighted by Gasteiger charge is -2.07. The van der Waals surface area contributed by atoms with E-state index < -0.39 is 16.7 Å². The van der Waals surface area contributed by atoms with Crippen LogP contribution >= 0.6 is 0 Å². The number of carbonyl (C=O) groups excluding carboxylic acids is 1. The van der Waals surface area contributed by atoms with Crippen LogP contribution in [0.5, 0.6) is 5.75 Å². The molecule has 0 aliphatic heterocycles. The zero-order valence-corrected chi connectivity index (χ0v) is 11.6. The zero-order chi connectivity index (χ0) is 16.1.